The van der Waals surface area contributed by atoms with Crippen LogP contribution in [0.25, 0.3) is 0 Å². The van der Waals surface area contributed by atoms with Crippen LogP contribution in [0.2, 0.25) is 0 Å². The number of methoxy groups -OCH3 is 1. The van der Waals surface area contributed by atoms with E-state index in [-0.39, 0.29) is 29.3 Å². The summed E-state index contributed by atoms with van der Waals surface area (Å²) in [5.41, 5.74) is 0.0413. The van der Waals surface area contributed by atoms with Crippen LogP contribution in [0.4, 0.5) is 5.69 Å². The molecule has 2 amide bonds. The largest absolute Gasteiger partial charge is 0.496 e. The van der Waals surface area contributed by atoms with Crippen LogP contribution < -0.4 is 15.4 Å². The summed E-state index contributed by atoms with van der Waals surface area (Å²) in [5, 5.41) is 25.3. The lowest BCUT2D eigenvalue weighted by molar-refractivity contribution is -0.384. The van der Waals surface area contributed by atoms with E-state index in [0.29, 0.717) is 0 Å². The molecule has 0 aliphatic carbocycles. The maximum absolute atomic E-state index is 12.4. The molecule has 1 rings (SSSR count). The Balaban J connectivity index is 3.08. The third kappa shape index (κ3) is 6.24. The van der Waals surface area contributed by atoms with Gasteiger partial charge in [0, 0.05) is 31.0 Å². The fourth-order valence-electron chi connectivity index (χ4n) is 2.47. The highest BCUT2D eigenvalue weighted by molar-refractivity contribution is 5.90. The van der Waals surface area contributed by atoms with Gasteiger partial charge in [0.2, 0.25) is 11.8 Å². The van der Waals surface area contributed by atoms with Crippen molar-refractivity contribution < 1.29 is 29.2 Å². The molecule has 1 aromatic rings. The molecule has 10 nitrogen and oxygen atoms in total. The Morgan fingerprint density at radius 1 is 1.26 bits per heavy atom. The fraction of sp³-hybridized carbons (Fsp3) is 0.471. The van der Waals surface area contributed by atoms with E-state index in [9.17, 15) is 29.6 Å². The first-order valence-corrected chi connectivity index (χ1v) is 8.18. The molecule has 3 N–H and O–H groups in total. The van der Waals surface area contributed by atoms with Gasteiger partial charge in [-0.1, -0.05) is 13.8 Å². The molecule has 0 saturated heterocycles. The molecule has 0 unspecified atom stereocenters. The average molecular weight is 381 g/mol. The minimum atomic E-state index is -1.36. The number of carboxylic acids is 1. The van der Waals surface area contributed by atoms with Crippen molar-refractivity contribution in [3.63, 3.8) is 0 Å². The van der Waals surface area contributed by atoms with Crippen LogP contribution in [-0.4, -0.2) is 47.0 Å². The van der Waals surface area contributed by atoms with E-state index >= 15 is 0 Å². The zero-order valence-electron chi connectivity index (χ0n) is 15.5. The number of nitro benzene ring substituents is 1. The summed E-state index contributed by atoms with van der Waals surface area (Å²) in [6, 6.07) is 1.54. The number of non-ortho nitro benzene ring substituents is 1. The monoisotopic (exact) mass is 381 g/mol. The van der Waals surface area contributed by atoms with Crippen LogP contribution in [0.5, 0.6) is 5.75 Å². The molecule has 0 aliphatic rings. The van der Waals surface area contributed by atoms with Crippen LogP contribution >= 0.6 is 0 Å². The summed E-state index contributed by atoms with van der Waals surface area (Å²) in [6.07, 6.45) is -0.225. The molecule has 0 saturated carbocycles. The Labute approximate surface area is 156 Å². The van der Waals surface area contributed by atoms with Crippen molar-refractivity contribution in [3.8, 4) is 5.75 Å². The first-order chi connectivity index (χ1) is 12.6. The number of benzene rings is 1. The summed E-state index contributed by atoms with van der Waals surface area (Å²) in [6.45, 7) is 4.67. The van der Waals surface area contributed by atoms with E-state index < -0.39 is 34.8 Å². The van der Waals surface area contributed by atoms with Crippen LogP contribution in [-0.2, 0) is 20.8 Å². The van der Waals surface area contributed by atoms with Crippen LogP contribution in [0.1, 0.15) is 26.3 Å². The highest BCUT2D eigenvalue weighted by Crippen LogP contribution is 2.25. The van der Waals surface area contributed by atoms with E-state index in [1.54, 1.807) is 13.8 Å². The molecule has 148 valence electrons. The van der Waals surface area contributed by atoms with Crippen molar-refractivity contribution >= 4 is 23.5 Å². The number of aliphatic carboxylic acids is 1. The van der Waals surface area contributed by atoms with E-state index in [1.807, 2.05) is 0 Å². The molecule has 0 aliphatic heterocycles. The molecular formula is C17H23N3O7. The zero-order valence-corrected chi connectivity index (χ0v) is 15.5. The van der Waals surface area contributed by atoms with Gasteiger partial charge in [0.05, 0.1) is 12.0 Å². The van der Waals surface area contributed by atoms with Gasteiger partial charge in [-0.3, -0.25) is 19.7 Å². The van der Waals surface area contributed by atoms with Gasteiger partial charge in [-0.15, -0.1) is 0 Å². The van der Waals surface area contributed by atoms with Crippen molar-refractivity contribution in [1.82, 2.24) is 10.6 Å². The van der Waals surface area contributed by atoms with Crippen LogP contribution in [0, 0.1) is 16.0 Å². The lowest BCUT2D eigenvalue weighted by Gasteiger charge is -2.23. The zero-order chi connectivity index (χ0) is 20.7. The molecule has 10 heteroatoms. The number of rotatable bonds is 9. The molecule has 0 spiro atoms. The van der Waals surface area contributed by atoms with Crippen molar-refractivity contribution in [1.29, 1.82) is 0 Å². The van der Waals surface area contributed by atoms with E-state index in [2.05, 4.69) is 10.6 Å². The van der Waals surface area contributed by atoms with Gasteiger partial charge in [0.25, 0.3) is 5.69 Å². The molecule has 0 heterocycles. The molecule has 2 atom stereocenters. The Bertz CT molecular complexity index is 733. The Hall–Kier alpha value is -3.17. The molecule has 0 radical (unpaired) electrons. The number of carboxylic acid groups (broad SMARTS) is 1. The van der Waals surface area contributed by atoms with Gasteiger partial charge >= 0.3 is 5.97 Å². The highest BCUT2D eigenvalue weighted by atomic mass is 16.6. The molecular weight excluding hydrogens is 358 g/mol. The van der Waals surface area contributed by atoms with Crippen molar-refractivity contribution in [2.24, 2.45) is 5.92 Å². The lowest BCUT2D eigenvalue weighted by Crippen LogP contribution is -2.53. The Kier molecular flexibility index (Phi) is 7.70. The third-order valence-electron chi connectivity index (χ3n) is 3.82. The molecule has 0 fully saturated rings. The SMILES string of the molecule is COc1ccc([N+](=O)[O-])cc1C[C@H](NC(=O)[C@H](NC(C)=O)C(C)C)C(=O)O. The number of hydrogen-bond donors (Lipinski definition) is 3. The number of amides is 2. The minimum Gasteiger partial charge on any atom is -0.496 e. The van der Waals surface area contributed by atoms with Gasteiger partial charge in [-0.25, -0.2) is 4.79 Å². The number of carbonyl (C=O) groups is 3. The molecule has 0 aromatic heterocycles. The number of hydrogen-bond acceptors (Lipinski definition) is 6. The maximum Gasteiger partial charge on any atom is 0.326 e. The van der Waals surface area contributed by atoms with Gasteiger partial charge in [0.15, 0.2) is 0 Å². The van der Waals surface area contributed by atoms with Gasteiger partial charge in [-0.2, -0.15) is 0 Å². The normalized spacial score (nSPS) is 12.8. The Morgan fingerprint density at radius 3 is 2.33 bits per heavy atom. The smallest absolute Gasteiger partial charge is 0.326 e. The number of ether oxygens (including phenoxy) is 1. The number of nitrogens with zero attached hydrogens (tertiary/aromatic N) is 1. The van der Waals surface area contributed by atoms with Gasteiger partial charge in [-0.05, 0) is 12.0 Å². The summed E-state index contributed by atoms with van der Waals surface area (Å²) < 4.78 is 5.12. The standard InChI is InChI=1S/C17H23N3O7/c1-9(2)15(18-10(3)21)16(22)19-13(17(23)24)8-11-7-12(20(25)26)5-6-14(11)27-4/h5-7,9,13,15H,8H2,1-4H3,(H,18,21)(H,19,22)(H,23,24)/t13-,15+/m0/s1. The molecule has 1 aromatic carbocycles. The summed E-state index contributed by atoms with van der Waals surface area (Å²) in [5.74, 6) is -2.39. The molecule has 0 bridgehead atoms. The van der Waals surface area contributed by atoms with Crippen molar-refractivity contribution in [2.75, 3.05) is 7.11 Å². The topological polar surface area (TPSA) is 148 Å². The lowest BCUT2D eigenvalue weighted by atomic mass is 10.0. The second-order valence-electron chi connectivity index (χ2n) is 6.28. The Morgan fingerprint density at radius 2 is 1.89 bits per heavy atom. The maximum atomic E-state index is 12.4. The van der Waals surface area contributed by atoms with Crippen molar-refractivity contribution in [2.45, 2.75) is 39.3 Å². The summed E-state index contributed by atoms with van der Waals surface area (Å²) in [4.78, 5) is 45.6. The number of nitrogens with one attached hydrogen (secondary N) is 2. The fourth-order valence-corrected chi connectivity index (χ4v) is 2.47. The van der Waals surface area contributed by atoms with E-state index in [1.165, 1.54) is 32.2 Å². The molecule has 27 heavy (non-hydrogen) atoms. The number of nitro groups is 1. The summed E-state index contributed by atoms with van der Waals surface area (Å²) >= 11 is 0. The quantitative estimate of drug-likeness (QED) is 0.425. The second kappa shape index (κ2) is 9.51. The van der Waals surface area contributed by atoms with Crippen LogP contribution in [0.3, 0.4) is 0 Å². The predicted octanol–water partition coefficient (Wildman–Crippen LogP) is 0.876. The number of carbonyl (C=O) groups excluding carboxylic acids is 2. The minimum absolute atomic E-state index is 0.223. The predicted molar refractivity (Wildman–Crippen MR) is 95.4 cm³/mol. The first-order valence-electron chi connectivity index (χ1n) is 8.18. The summed E-state index contributed by atoms with van der Waals surface area (Å²) in [7, 11) is 1.35. The highest BCUT2D eigenvalue weighted by Gasteiger charge is 2.29. The van der Waals surface area contributed by atoms with Gasteiger partial charge < -0.3 is 20.5 Å². The third-order valence-corrected chi connectivity index (χ3v) is 3.82. The van der Waals surface area contributed by atoms with E-state index in [4.69, 9.17) is 4.74 Å². The van der Waals surface area contributed by atoms with E-state index in [0.717, 1.165) is 0 Å². The first kappa shape index (κ1) is 21.9. The second-order valence-corrected chi connectivity index (χ2v) is 6.28. The van der Waals surface area contributed by atoms with Gasteiger partial charge in [0.1, 0.15) is 17.8 Å². The van der Waals surface area contributed by atoms with Crippen molar-refractivity contribution in [3.05, 3.63) is 33.9 Å². The average Bonchev–Trinajstić information content (AvgIpc) is 2.58. The van der Waals surface area contributed by atoms with Crippen LogP contribution in [0.15, 0.2) is 18.2 Å².